The van der Waals surface area contributed by atoms with Crippen molar-refractivity contribution in [1.29, 1.82) is 0 Å². The Morgan fingerprint density at radius 2 is 1.79 bits per heavy atom. The van der Waals surface area contributed by atoms with Crippen LogP contribution in [-0.4, -0.2) is 18.7 Å². The van der Waals surface area contributed by atoms with E-state index in [1.54, 1.807) is 19.1 Å². The lowest BCUT2D eigenvalue weighted by Gasteiger charge is -2.09. The maximum Gasteiger partial charge on any atom is 0.586 e. The molecular weight excluding hydrogens is 325 g/mol. The van der Waals surface area contributed by atoms with Crippen molar-refractivity contribution < 1.29 is 27.4 Å². The lowest BCUT2D eigenvalue weighted by molar-refractivity contribution is -0.286. The molecule has 0 bridgehead atoms. The average molecular weight is 338 g/mol. The fraction of sp³-hybridized carbons (Fsp3) is 0.188. The Labute approximate surface area is 135 Å². The van der Waals surface area contributed by atoms with Crippen LogP contribution in [0.4, 0.5) is 24.5 Å². The van der Waals surface area contributed by atoms with Crippen LogP contribution in [0.2, 0.25) is 0 Å². The third kappa shape index (κ3) is 3.53. The van der Waals surface area contributed by atoms with Gasteiger partial charge in [0, 0.05) is 17.4 Å². The van der Waals surface area contributed by atoms with Gasteiger partial charge in [0.2, 0.25) is 5.91 Å². The molecule has 8 heteroatoms. The Kier molecular flexibility index (Phi) is 3.96. The van der Waals surface area contributed by atoms with Gasteiger partial charge in [-0.1, -0.05) is 6.07 Å². The number of rotatable bonds is 4. The molecule has 0 aromatic heterocycles. The molecule has 5 nitrogen and oxygen atoms in total. The van der Waals surface area contributed by atoms with E-state index in [2.05, 4.69) is 20.1 Å². The van der Waals surface area contributed by atoms with Gasteiger partial charge in [-0.3, -0.25) is 4.79 Å². The number of carbonyl (C=O) groups excluding carboxylic acids is 1. The predicted octanol–water partition coefficient (Wildman–Crippen LogP) is 3.51. The minimum absolute atomic E-state index is 0.0786. The third-order valence-corrected chi connectivity index (χ3v) is 3.31. The summed E-state index contributed by atoms with van der Waals surface area (Å²) in [6.45, 7) is 1.48. The lowest BCUT2D eigenvalue weighted by atomic mass is 10.2. The molecule has 0 saturated heterocycles. The molecule has 0 aliphatic carbocycles. The van der Waals surface area contributed by atoms with E-state index < -0.39 is 18.0 Å². The molecule has 1 aliphatic heterocycles. The van der Waals surface area contributed by atoms with E-state index in [-0.39, 0.29) is 18.0 Å². The van der Waals surface area contributed by atoms with Crippen molar-refractivity contribution >= 4 is 17.3 Å². The predicted molar refractivity (Wildman–Crippen MR) is 80.9 cm³/mol. The number of hydrogen-bond donors (Lipinski definition) is 2. The number of anilines is 2. The number of halogens is 3. The molecule has 24 heavy (non-hydrogen) atoms. The molecule has 1 aliphatic rings. The van der Waals surface area contributed by atoms with E-state index >= 15 is 0 Å². The number of fused-ring (bicyclic) bond motifs is 1. The van der Waals surface area contributed by atoms with Crippen molar-refractivity contribution in [3.05, 3.63) is 47.8 Å². The van der Waals surface area contributed by atoms with Crippen LogP contribution < -0.4 is 20.1 Å². The minimum atomic E-state index is -3.69. The van der Waals surface area contributed by atoms with E-state index in [9.17, 15) is 18.0 Å². The monoisotopic (exact) mass is 338 g/mol. The van der Waals surface area contributed by atoms with E-state index in [1.165, 1.54) is 24.3 Å². The zero-order valence-electron chi connectivity index (χ0n) is 12.5. The summed E-state index contributed by atoms with van der Waals surface area (Å²) in [7, 11) is 0. The Bertz CT molecular complexity index is 796. The lowest BCUT2D eigenvalue weighted by Crippen LogP contribution is -2.25. The van der Waals surface area contributed by atoms with Crippen LogP contribution >= 0.6 is 0 Å². The highest BCUT2D eigenvalue weighted by atomic mass is 19.3. The van der Waals surface area contributed by atoms with Crippen LogP contribution in [0.1, 0.15) is 5.56 Å². The Balaban J connectivity index is 1.58. The van der Waals surface area contributed by atoms with Crippen LogP contribution in [0.25, 0.3) is 0 Å². The van der Waals surface area contributed by atoms with Gasteiger partial charge in [0.15, 0.2) is 11.5 Å². The first-order chi connectivity index (χ1) is 11.3. The molecule has 1 amide bonds. The average Bonchev–Trinajstić information content (AvgIpc) is 2.82. The van der Waals surface area contributed by atoms with Crippen molar-refractivity contribution in [2.75, 3.05) is 17.2 Å². The van der Waals surface area contributed by atoms with Crippen LogP contribution in [0.5, 0.6) is 11.5 Å². The van der Waals surface area contributed by atoms with Crippen LogP contribution in [0, 0.1) is 12.7 Å². The molecule has 0 unspecified atom stereocenters. The molecule has 0 saturated carbocycles. The van der Waals surface area contributed by atoms with Crippen LogP contribution in [-0.2, 0) is 4.79 Å². The third-order valence-electron chi connectivity index (χ3n) is 3.31. The van der Waals surface area contributed by atoms with Gasteiger partial charge in [0.05, 0.1) is 6.54 Å². The summed E-state index contributed by atoms with van der Waals surface area (Å²) in [5, 5.41) is 5.29. The number of benzene rings is 2. The van der Waals surface area contributed by atoms with Gasteiger partial charge in [0.1, 0.15) is 5.82 Å². The van der Waals surface area contributed by atoms with Gasteiger partial charge in [-0.25, -0.2) is 4.39 Å². The summed E-state index contributed by atoms with van der Waals surface area (Å²) in [5.41, 5.74) is 1.21. The zero-order chi connectivity index (χ0) is 17.3. The number of ether oxygens (including phenoxy) is 2. The van der Waals surface area contributed by atoms with Crippen molar-refractivity contribution in [3.63, 3.8) is 0 Å². The maximum absolute atomic E-state index is 13.4. The molecule has 126 valence electrons. The van der Waals surface area contributed by atoms with Crippen LogP contribution in [0.15, 0.2) is 36.4 Å². The number of hydrogen-bond acceptors (Lipinski definition) is 4. The normalized spacial score (nSPS) is 14.3. The summed E-state index contributed by atoms with van der Waals surface area (Å²) in [6, 6.07) is 8.44. The molecule has 0 fully saturated rings. The number of alkyl halides is 2. The van der Waals surface area contributed by atoms with Gasteiger partial charge in [-0.05, 0) is 36.8 Å². The number of aryl methyl sites for hydroxylation is 1. The molecule has 0 atom stereocenters. The van der Waals surface area contributed by atoms with Gasteiger partial charge in [0.25, 0.3) is 0 Å². The molecular formula is C16H13F3N2O3. The van der Waals surface area contributed by atoms with E-state index in [0.29, 0.717) is 16.9 Å². The summed E-state index contributed by atoms with van der Waals surface area (Å²) in [4.78, 5) is 11.8. The molecule has 2 aromatic carbocycles. The second-order valence-corrected chi connectivity index (χ2v) is 5.19. The first-order valence-electron chi connectivity index (χ1n) is 7.02. The summed E-state index contributed by atoms with van der Waals surface area (Å²) in [5.74, 6) is -1.03. The first-order valence-corrected chi connectivity index (χ1v) is 7.02. The highest BCUT2D eigenvalue weighted by Crippen LogP contribution is 2.42. The van der Waals surface area contributed by atoms with E-state index in [4.69, 9.17) is 0 Å². The highest BCUT2D eigenvalue weighted by molar-refractivity contribution is 5.93. The summed E-state index contributed by atoms with van der Waals surface area (Å²) in [6.07, 6.45) is -3.69. The number of carbonyl (C=O) groups is 1. The Morgan fingerprint density at radius 3 is 2.54 bits per heavy atom. The zero-order valence-corrected chi connectivity index (χ0v) is 12.5. The number of nitrogens with one attached hydrogen (secondary N) is 2. The quantitative estimate of drug-likeness (QED) is 0.896. The summed E-state index contributed by atoms with van der Waals surface area (Å²) < 4.78 is 47.9. The van der Waals surface area contributed by atoms with Gasteiger partial charge in [-0.2, -0.15) is 0 Å². The minimum Gasteiger partial charge on any atom is -0.395 e. The molecule has 1 heterocycles. The maximum atomic E-state index is 13.4. The smallest absolute Gasteiger partial charge is 0.395 e. The number of amides is 1. The van der Waals surface area contributed by atoms with E-state index in [1.807, 2.05) is 0 Å². The molecule has 3 rings (SSSR count). The first kappa shape index (κ1) is 16.0. The highest BCUT2D eigenvalue weighted by Gasteiger charge is 2.43. The van der Waals surface area contributed by atoms with Gasteiger partial charge in [-0.15, -0.1) is 8.78 Å². The second-order valence-electron chi connectivity index (χ2n) is 5.19. The largest absolute Gasteiger partial charge is 0.586 e. The van der Waals surface area contributed by atoms with Crippen molar-refractivity contribution in [2.45, 2.75) is 13.2 Å². The molecule has 2 aromatic rings. The van der Waals surface area contributed by atoms with Gasteiger partial charge < -0.3 is 20.1 Å². The van der Waals surface area contributed by atoms with Crippen molar-refractivity contribution in [3.8, 4) is 11.5 Å². The molecule has 0 spiro atoms. The SMILES string of the molecule is Cc1ccc(NC(=O)CNc2ccc3c(c2)OC(F)(F)O3)cc1F. The topological polar surface area (TPSA) is 59.6 Å². The van der Waals surface area contributed by atoms with Gasteiger partial charge >= 0.3 is 6.29 Å². The standard InChI is InChI=1S/C16H13F3N2O3/c1-9-2-3-11(6-12(9)17)21-15(22)8-20-10-4-5-13-14(7-10)24-16(18,19)23-13/h2-7,20H,8H2,1H3,(H,21,22). The fourth-order valence-electron chi connectivity index (χ4n) is 2.12. The summed E-state index contributed by atoms with van der Waals surface area (Å²) >= 11 is 0. The van der Waals surface area contributed by atoms with Crippen molar-refractivity contribution in [1.82, 2.24) is 0 Å². The molecule has 0 radical (unpaired) electrons. The van der Waals surface area contributed by atoms with Crippen LogP contribution in [0.3, 0.4) is 0 Å². The second kappa shape index (κ2) is 5.95. The van der Waals surface area contributed by atoms with Crippen molar-refractivity contribution in [2.24, 2.45) is 0 Å². The fourth-order valence-corrected chi connectivity index (χ4v) is 2.12. The van der Waals surface area contributed by atoms with E-state index in [0.717, 1.165) is 0 Å². The Morgan fingerprint density at radius 1 is 1.08 bits per heavy atom. The Hall–Kier alpha value is -2.90. The molecule has 2 N–H and O–H groups in total.